The molecule has 0 fully saturated rings. The monoisotopic (exact) mass is 484 g/mol. The van der Waals surface area contributed by atoms with E-state index in [4.69, 9.17) is 9.47 Å². The summed E-state index contributed by atoms with van der Waals surface area (Å²) < 4.78 is 12.5. The van der Waals surface area contributed by atoms with Gasteiger partial charge >= 0.3 is 0 Å². The van der Waals surface area contributed by atoms with Crippen molar-refractivity contribution >= 4 is 23.2 Å². The highest BCUT2D eigenvalue weighted by Crippen LogP contribution is 2.17. The van der Waals surface area contributed by atoms with Crippen LogP contribution in [0.3, 0.4) is 0 Å². The van der Waals surface area contributed by atoms with E-state index in [1.165, 1.54) is 0 Å². The maximum Gasteiger partial charge on any atom is 0.275 e. The summed E-state index contributed by atoms with van der Waals surface area (Å²) in [4.78, 5) is 29.2. The molecule has 0 radical (unpaired) electrons. The zero-order chi connectivity index (χ0) is 25.3. The van der Waals surface area contributed by atoms with Gasteiger partial charge in [-0.15, -0.1) is 0 Å². The Morgan fingerprint density at radius 3 is 2.33 bits per heavy atom. The van der Waals surface area contributed by atoms with Crippen molar-refractivity contribution in [2.75, 3.05) is 24.4 Å². The lowest BCUT2D eigenvalue weighted by Gasteiger charge is -2.08. The normalized spacial score (nSPS) is 10.5. The SMILES string of the molecule is CCOc1ccc(NC(=O)c2cn(Cc3ccc(NC(=O)Cc4cccc(OC)c4)cc3)cn2)cc1. The second-order valence-corrected chi connectivity index (χ2v) is 8.12. The Labute approximate surface area is 209 Å². The first kappa shape index (κ1) is 24.5. The first-order valence-corrected chi connectivity index (χ1v) is 11.6. The van der Waals surface area contributed by atoms with E-state index >= 15 is 0 Å². The summed E-state index contributed by atoms with van der Waals surface area (Å²) in [6.07, 6.45) is 3.58. The van der Waals surface area contributed by atoms with Crippen LogP contribution in [0.5, 0.6) is 11.5 Å². The van der Waals surface area contributed by atoms with Crippen LogP contribution in [0.25, 0.3) is 0 Å². The number of carbonyl (C=O) groups excluding carboxylic acids is 2. The molecule has 36 heavy (non-hydrogen) atoms. The van der Waals surface area contributed by atoms with Crippen molar-refractivity contribution in [1.82, 2.24) is 9.55 Å². The number of nitrogens with one attached hydrogen (secondary N) is 2. The van der Waals surface area contributed by atoms with E-state index in [1.807, 2.05) is 72.2 Å². The number of amides is 2. The topological polar surface area (TPSA) is 94.5 Å². The molecule has 0 saturated carbocycles. The Morgan fingerprint density at radius 1 is 0.889 bits per heavy atom. The number of rotatable bonds is 10. The molecule has 1 aromatic heterocycles. The van der Waals surface area contributed by atoms with Crippen molar-refractivity contribution in [1.29, 1.82) is 0 Å². The van der Waals surface area contributed by atoms with Crippen molar-refractivity contribution in [3.63, 3.8) is 0 Å². The minimum Gasteiger partial charge on any atom is -0.497 e. The van der Waals surface area contributed by atoms with Crippen LogP contribution in [0, 0.1) is 0 Å². The molecule has 2 amide bonds. The van der Waals surface area contributed by atoms with Gasteiger partial charge in [-0.25, -0.2) is 4.98 Å². The molecule has 0 bridgehead atoms. The fraction of sp³-hybridized carbons (Fsp3) is 0.179. The Kier molecular flexibility index (Phi) is 7.97. The zero-order valence-electron chi connectivity index (χ0n) is 20.2. The molecule has 0 aliphatic rings. The second-order valence-electron chi connectivity index (χ2n) is 8.12. The highest BCUT2D eigenvalue weighted by Gasteiger charge is 2.11. The molecule has 4 aromatic rings. The van der Waals surface area contributed by atoms with Crippen LogP contribution in [0.4, 0.5) is 11.4 Å². The van der Waals surface area contributed by atoms with Crippen molar-refractivity contribution in [3.05, 3.63) is 102 Å². The molecule has 3 aromatic carbocycles. The van der Waals surface area contributed by atoms with E-state index in [0.717, 1.165) is 22.6 Å². The fourth-order valence-corrected chi connectivity index (χ4v) is 3.64. The van der Waals surface area contributed by atoms with Gasteiger partial charge in [0.2, 0.25) is 5.91 Å². The lowest BCUT2D eigenvalue weighted by Crippen LogP contribution is -2.14. The predicted octanol–water partition coefficient (Wildman–Crippen LogP) is 4.77. The lowest BCUT2D eigenvalue weighted by molar-refractivity contribution is -0.115. The van der Waals surface area contributed by atoms with Crippen molar-refractivity contribution < 1.29 is 19.1 Å². The van der Waals surface area contributed by atoms with Crippen molar-refractivity contribution in [2.45, 2.75) is 19.9 Å². The standard InChI is InChI=1S/C28H28N4O4/c1-3-36-24-13-11-23(12-14-24)31-28(34)26-18-32(19-29-26)17-20-7-9-22(10-8-20)30-27(33)16-21-5-4-6-25(15-21)35-2/h4-15,18-19H,3,16-17H2,1-2H3,(H,30,33)(H,31,34). The van der Waals surface area contributed by atoms with Crippen molar-refractivity contribution in [2.24, 2.45) is 0 Å². The van der Waals surface area contributed by atoms with E-state index in [2.05, 4.69) is 15.6 Å². The van der Waals surface area contributed by atoms with E-state index in [0.29, 0.717) is 30.2 Å². The summed E-state index contributed by atoms with van der Waals surface area (Å²) >= 11 is 0. The molecule has 0 saturated heterocycles. The number of hydrogen-bond acceptors (Lipinski definition) is 5. The van der Waals surface area contributed by atoms with Gasteiger partial charge in [0, 0.05) is 24.1 Å². The average molecular weight is 485 g/mol. The number of anilines is 2. The van der Waals surface area contributed by atoms with Gasteiger partial charge in [0.25, 0.3) is 5.91 Å². The van der Waals surface area contributed by atoms with Gasteiger partial charge in [0.1, 0.15) is 17.2 Å². The summed E-state index contributed by atoms with van der Waals surface area (Å²) in [6.45, 7) is 3.05. The highest BCUT2D eigenvalue weighted by molar-refractivity contribution is 6.02. The number of ether oxygens (including phenoxy) is 2. The molecule has 0 aliphatic heterocycles. The summed E-state index contributed by atoms with van der Waals surface area (Å²) in [5.74, 6) is 1.09. The Balaban J connectivity index is 1.29. The quantitative estimate of drug-likeness (QED) is 0.338. The van der Waals surface area contributed by atoms with Gasteiger partial charge in [-0.1, -0.05) is 24.3 Å². The van der Waals surface area contributed by atoms with E-state index in [-0.39, 0.29) is 18.2 Å². The number of nitrogens with zero attached hydrogens (tertiary/aromatic N) is 2. The van der Waals surface area contributed by atoms with Gasteiger partial charge in [0.15, 0.2) is 0 Å². The minimum atomic E-state index is -0.285. The summed E-state index contributed by atoms with van der Waals surface area (Å²) in [5, 5.41) is 5.75. The molecule has 1 heterocycles. The molecule has 184 valence electrons. The third-order valence-corrected chi connectivity index (χ3v) is 5.39. The second kappa shape index (κ2) is 11.7. The number of aromatic nitrogens is 2. The maximum atomic E-state index is 12.5. The maximum absolute atomic E-state index is 12.5. The molecular weight excluding hydrogens is 456 g/mol. The Bertz CT molecular complexity index is 1310. The van der Waals surface area contributed by atoms with Crippen LogP contribution in [0.1, 0.15) is 28.5 Å². The van der Waals surface area contributed by atoms with Crippen LogP contribution in [0.15, 0.2) is 85.3 Å². The molecule has 2 N–H and O–H groups in total. The van der Waals surface area contributed by atoms with Crippen LogP contribution in [0.2, 0.25) is 0 Å². The molecule has 8 heteroatoms. The van der Waals surface area contributed by atoms with E-state index in [1.54, 1.807) is 31.8 Å². The van der Waals surface area contributed by atoms with Gasteiger partial charge in [-0.05, 0) is 66.6 Å². The zero-order valence-corrected chi connectivity index (χ0v) is 20.2. The lowest BCUT2D eigenvalue weighted by atomic mass is 10.1. The number of hydrogen-bond donors (Lipinski definition) is 2. The largest absolute Gasteiger partial charge is 0.497 e. The first-order valence-electron chi connectivity index (χ1n) is 11.6. The Hall–Kier alpha value is -4.59. The average Bonchev–Trinajstić information content (AvgIpc) is 3.35. The molecule has 0 aliphatic carbocycles. The van der Waals surface area contributed by atoms with Crippen molar-refractivity contribution in [3.8, 4) is 11.5 Å². The number of carbonyl (C=O) groups is 2. The molecule has 8 nitrogen and oxygen atoms in total. The van der Waals surface area contributed by atoms with Gasteiger partial charge < -0.3 is 24.7 Å². The van der Waals surface area contributed by atoms with Gasteiger partial charge in [0.05, 0.1) is 26.5 Å². The minimum absolute atomic E-state index is 0.103. The molecular formula is C28H28N4O4. The third kappa shape index (κ3) is 6.73. The van der Waals surface area contributed by atoms with Crippen LogP contribution in [-0.4, -0.2) is 35.1 Å². The smallest absolute Gasteiger partial charge is 0.275 e. The van der Waals surface area contributed by atoms with Crippen LogP contribution >= 0.6 is 0 Å². The highest BCUT2D eigenvalue weighted by atomic mass is 16.5. The Morgan fingerprint density at radius 2 is 1.61 bits per heavy atom. The molecule has 4 rings (SSSR count). The molecule has 0 atom stereocenters. The first-order chi connectivity index (χ1) is 17.5. The predicted molar refractivity (Wildman–Crippen MR) is 139 cm³/mol. The summed E-state index contributed by atoms with van der Waals surface area (Å²) in [5.41, 5.74) is 3.60. The van der Waals surface area contributed by atoms with Gasteiger partial charge in [-0.3, -0.25) is 9.59 Å². The van der Waals surface area contributed by atoms with E-state index in [9.17, 15) is 9.59 Å². The third-order valence-electron chi connectivity index (χ3n) is 5.39. The molecule has 0 spiro atoms. The van der Waals surface area contributed by atoms with E-state index < -0.39 is 0 Å². The fourth-order valence-electron chi connectivity index (χ4n) is 3.64. The molecule has 0 unspecified atom stereocenters. The summed E-state index contributed by atoms with van der Waals surface area (Å²) in [7, 11) is 1.60. The van der Waals surface area contributed by atoms with Crippen LogP contribution in [-0.2, 0) is 17.8 Å². The van der Waals surface area contributed by atoms with Gasteiger partial charge in [-0.2, -0.15) is 0 Å². The number of methoxy groups -OCH3 is 1. The number of imidazole rings is 1. The van der Waals surface area contributed by atoms with Crippen LogP contribution < -0.4 is 20.1 Å². The number of benzene rings is 3. The summed E-state index contributed by atoms with van der Waals surface area (Å²) in [6, 6.07) is 22.2.